The first kappa shape index (κ1) is 17.9. The highest BCUT2D eigenvalue weighted by Gasteiger charge is 2.24. The van der Waals surface area contributed by atoms with E-state index in [1.54, 1.807) is 18.3 Å². The molecule has 2 N–H and O–H groups in total. The van der Waals surface area contributed by atoms with E-state index < -0.39 is 5.95 Å². The summed E-state index contributed by atoms with van der Waals surface area (Å²) in [7, 11) is 0. The third-order valence-corrected chi connectivity index (χ3v) is 4.44. The van der Waals surface area contributed by atoms with Gasteiger partial charge in [-0.15, -0.1) is 0 Å². The Morgan fingerprint density at radius 1 is 1.11 bits per heavy atom. The summed E-state index contributed by atoms with van der Waals surface area (Å²) in [5, 5.41) is 4.19. The molecule has 0 fully saturated rings. The van der Waals surface area contributed by atoms with E-state index in [0.29, 0.717) is 30.1 Å². The lowest BCUT2D eigenvalue weighted by Crippen LogP contribution is -2.06. The van der Waals surface area contributed by atoms with Gasteiger partial charge in [-0.3, -0.25) is 0 Å². The molecule has 6 nitrogen and oxygen atoms in total. The molecule has 4 rings (SSSR count). The Bertz CT molecular complexity index is 992. The fourth-order valence-electron chi connectivity index (χ4n) is 3.03. The Balaban J connectivity index is 1.32. The predicted molar refractivity (Wildman–Crippen MR) is 103 cm³/mol. The molecule has 1 aromatic carbocycles. The van der Waals surface area contributed by atoms with E-state index >= 15 is 0 Å². The number of nitrogens with zero attached hydrogens (tertiary/aromatic N) is 3. The highest BCUT2D eigenvalue weighted by Crippen LogP contribution is 2.30. The molecule has 1 aliphatic heterocycles. The smallest absolute Gasteiger partial charge is 0.213 e. The van der Waals surface area contributed by atoms with E-state index in [1.165, 1.54) is 6.07 Å². The maximum atomic E-state index is 13.1. The summed E-state index contributed by atoms with van der Waals surface area (Å²) in [6, 6.07) is 16.1. The lowest BCUT2D eigenvalue weighted by atomic mass is 10.0. The van der Waals surface area contributed by atoms with Crippen molar-refractivity contribution in [2.24, 2.45) is 5.16 Å². The minimum absolute atomic E-state index is 0.190. The maximum absolute atomic E-state index is 13.1. The van der Waals surface area contributed by atoms with Crippen molar-refractivity contribution < 1.29 is 14.0 Å². The van der Waals surface area contributed by atoms with E-state index in [2.05, 4.69) is 15.1 Å². The second kappa shape index (κ2) is 8.04. The Morgan fingerprint density at radius 2 is 1.96 bits per heavy atom. The lowest BCUT2D eigenvalue weighted by Gasteiger charge is -2.10. The second-order valence-corrected chi connectivity index (χ2v) is 6.49. The van der Waals surface area contributed by atoms with Gasteiger partial charge in [0.1, 0.15) is 18.2 Å². The van der Waals surface area contributed by atoms with Crippen molar-refractivity contribution in [1.29, 1.82) is 0 Å². The molecule has 0 radical (unpaired) electrons. The number of nitrogen functional groups attached to an aromatic ring is 1. The zero-order chi connectivity index (χ0) is 19.3. The van der Waals surface area contributed by atoms with E-state index in [1.807, 2.05) is 36.4 Å². The average molecular weight is 378 g/mol. The van der Waals surface area contributed by atoms with Crippen LogP contribution >= 0.6 is 0 Å². The zero-order valence-corrected chi connectivity index (χ0v) is 15.1. The molecule has 1 atom stereocenters. The van der Waals surface area contributed by atoms with Gasteiger partial charge < -0.3 is 15.3 Å². The number of oxime groups is 1. The van der Waals surface area contributed by atoms with Crippen molar-refractivity contribution >= 4 is 11.5 Å². The predicted octanol–water partition coefficient (Wildman–Crippen LogP) is 3.84. The molecule has 0 saturated carbocycles. The Labute approximate surface area is 161 Å². The standard InChI is InChI=1S/C21H19FN4O2/c22-20-5-1-3-15(25-20)13-27-17-8-6-14(7-9-17)11-16-12-19(28-26-16)18-4-2-10-24-21(18)23/h1-10,19H,11-13H2,(H2,23,24). The highest BCUT2D eigenvalue weighted by atomic mass is 19.1. The molecule has 1 unspecified atom stereocenters. The van der Waals surface area contributed by atoms with Gasteiger partial charge in [0.05, 0.1) is 11.4 Å². The summed E-state index contributed by atoms with van der Waals surface area (Å²) >= 11 is 0. The number of pyridine rings is 2. The molecule has 0 aliphatic carbocycles. The third kappa shape index (κ3) is 4.25. The monoisotopic (exact) mass is 378 g/mol. The minimum atomic E-state index is -0.512. The van der Waals surface area contributed by atoms with Gasteiger partial charge in [0.2, 0.25) is 5.95 Å². The number of ether oxygens (including phenoxy) is 1. The van der Waals surface area contributed by atoms with Crippen molar-refractivity contribution in [3.05, 3.63) is 83.6 Å². The van der Waals surface area contributed by atoms with Crippen LogP contribution in [0.4, 0.5) is 10.2 Å². The fraction of sp³-hybridized carbons (Fsp3) is 0.190. The Kier molecular flexibility index (Phi) is 5.14. The van der Waals surface area contributed by atoms with E-state index in [-0.39, 0.29) is 12.7 Å². The number of rotatable bonds is 6. The molecule has 0 saturated heterocycles. The lowest BCUT2D eigenvalue weighted by molar-refractivity contribution is 0.0860. The van der Waals surface area contributed by atoms with Crippen LogP contribution in [0.25, 0.3) is 0 Å². The minimum Gasteiger partial charge on any atom is -0.487 e. The SMILES string of the molecule is Nc1ncccc1C1CC(Cc2ccc(OCc3cccc(F)n3)cc2)=NO1. The summed E-state index contributed by atoms with van der Waals surface area (Å²) < 4.78 is 18.8. The zero-order valence-electron chi connectivity index (χ0n) is 15.1. The van der Waals surface area contributed by atoms with Gasteiger partial charge in [0.25, 0.3) is 0 Å². The molecule has 0 amide bonds. The number of aromatic nitrogens is 2. The number of benzene rings is 1. The number of hydrogen-bond donors (Lipinski definition) is 1. The molecule has 3 aromatic rings. The molecule has 142 valence electrons. The molecule has 7 heteroatoms. The molecule has 0 spiro atoms. The van der Waals surface area contributed by atoms with Gasteiger partial charge >= 0.3 is 0 Å². The summed E-state index contributed by atoms with van der Waals surface area (Å²) in [6.45, 7) is 0.214. The van der Waals surface area contributed by atoms with Gasteiger partial charge in [0, 0.05) is 24.6 Å². The van der Waals surface area contributed by atoms with E-state index in [4.69, 9.17) is 15.3 Å². The van der Waals surface area contributed by atoms with Crippen molar-refractivity contribution in [2.75, 3.05) is 5.73 Å². The summed E-state index contributed by atoms with van der Waals surface area (Å²) in [4.78, 5) is 13.4. The summed E-state index contributed by atoms with van der Waals surface area (Å²) in [5.41, 5.74) is 9.36. The number of hydrogen-bond acceptors (Lipinski definition) is 6. The van der Waals surface area contributed by atoms with Gasteiger partial charge in [-0.1, -0.05) is 23.4 Å². The first-order valence-electron chi connectivity index (χ1n) is 8.92. The topological polar surface area (TPSA) is 82.6 Å². The van der Waals surface area contributed by atoms with Crippen LogP contribution in [0.2, 0.25) is 0 Å². The third-order valence-electron chi connectivity index (χ3n) is 4.44. The van der Waals surface area contributed by atoms with Gasteiger partial charge in [-0.2, -0.15) is 4.39 Å². The van der Waals surface area contributed by atoms with Crippen LogP contribution in [0.1, 0.15) is 29.3 Å². The van der Waals surface area contributed by atoms with E-state index in [0.717, 1.165) is 16.8 Å². The number of anilines is 1. The average Bonchev–Trinajstić information content (AvgIpc) is 3.16. The van der Waals surface area contributed by atoms with Crippen molar-refractivity contribution in [2.45, 2.75) is 25.6 Å². The van der Waals surface area contributed by atoms with Crippen molar-refractivity contribution in [1.82, 2.24) is 9.97 Å². The first-order chi connectivity index (χ1) is 13.7. The Hall–Kier alpha value is -3.48. The number of halogens is 1. The van der Waals surface area contributed by atoms with Gasteiger partial charge in [-0.05, 0) is 42.0 Å². The van der Waals surface area contributed by atoms with Crippen LogP contribution in [0.3, 0.4) is 0 Å². The van der Waals surface area contributed by atoms with Crippen LogP contribution in [-0.4, -0.2) is 15.7 Å². The molecule has 1 aliphatic rings. The summed E-state index contributed by atoms with van der Waals surface area (Å²) in [6.07, 6.45) is 2.83. The maximum Gasteiger partial charge on any atom is 0.213 e. The van der Waals surface area contributed by atoms with Crippen LogP contribution in [-0.2, 0) is 17.9 Å². The van der Waals surface area contributed by atoms with Gasteiger partial charge in [0.15, 0.2) is 6.10 Å². The normalized spacial score (nSPS) is 15.8. The first-order valence-corrected chi connectivity index (χ1v) is 8.92. The van der Waals surface area contributed by atoms with Crippen molar-refractivity contribution in [3.8, 4) is 5.75 Å². The number of nitrogens with two attached hydrogens (primary N) is 1. The molecule has 3 heterocycles. The van der Waals surface area contributed by atoms with Crippen LogP contribution in [0, 0.1) is 5.95 Å². The second-order valence-electron chi connectivity index (χ2n) is 6.49. The van der Waals surface area contributed by atoms with Crippen LogP contribution in [0.15, 0.2) is 65.9 Å². The van der Waals surface area contributed by atoms with Crippen molar-refractivity contribution in [3.63, 3.8) is 0 Å². The quantitative estimate of drug-likeness (QED) is 0.659. The molecule has 0 bridgehead atoms. The molecular weight excluding hydrogens is 359 g/mol. The molecular formula is C21H19FN4O2. The fourth-order valence-corrected chi connectivity index (χ4v) is 3.03. The largest absolute Gasteiger partial charge is 0.487 e. The van der Waals surface area contributed by atoms with Crippen LogP contribution < -0.4 is 10.5 Å². The van der Waals surface area contributed by atoms with Gasteiger partial charge in [-0.25, -0.2) is 9.97 Å². The summed E-state index contributed by atoms with van der Waals surface area (Å²) in [5.74, 6) is 0.654. The molecule has 28 heavy (non-hydrogen) atoms. The molecule has 2 aromatic heterocycles. The Morgan fingerprint density at radius 3 is 2.75 bits per heavy atom. The van der Waals surface area contributed by atoms with E-state index in [9.17, 15) is 4.39 Å². The highest BCUT2D eigenvalue weighted by molar-refractivity contribution is 5.87. The van der Waals surface area contributed by atoms with Crippen LogP contribution in [0.5, 0.6) is 5.75 Å².